The van der Waals surface area contributed by atoms with E-state index < -0.39 is 5.82 Å². The van der Waals surface area contributed by atoms with E-state index in [2.05, 4.69) is 35.1 Å². The number of hydrogen-bond donors (Lipinski definition) is 1. The molecule has 1 atom stereocenters. The molecule has 1 aromatic rings. The van der Waals surface area contributed by atoms with E-state index in [1.54, 1.807) is 6.07 Å². The van der Waals surface area contributed by atoms with Crippen molar-refractivity contribution in [1.82, 2.24) is 5.32 Å². The van der Waals surface area contributed by atoms with Crippen molar-refractivity contribution in [3.05, 3.63) is 34.1 Å². The maximum absolute atomic E-state index is 13.6. The molecule has 19 heavy (non-hydrogen) atoms. The Labute approximate surface area is 122 Å². The zero-order chi connectivity index (χ0) is 14.3. The highest BCUT2D eigenvalue weighted by molar-refractivity contribution is 9.10. The van der Waals surface area contributed by atoms with Crippen LogP contribution in [0.25, 0.3) is 0 Å². The van der Waals surface area contributed by atoms with Gasteiger partial charge in [0, 0.05) is 11.0 Å². The Morgan fingerprint density at radius 1 is 1.42 bits per heavy atom. The lowest BCUT2D eigenvalue weighted by Gasteiger charge is -2.15. The first kappa shape index (κ1) is 16.2. The highest BCUT2D eigenvalue weighted by Crippen LogP contribution is 2.16. The van der Waals surface area contributed by atoms with Crippen LogP contribution in [0.5, 0.6) is 0 Å². The average Bonchev–Trinajstić information content (AvgIpc) is 2.38. The first-order chi connectivity index (χ1) is 9.08. The van der Waals surface area contributed by atoms with Crippen molar-refractivity contribution in [3.63, 3.8) is 0 Å². The number of carbonyl (C=O) groups excluding carboxylic acids is 1. The highest BCUT2D eigenvalue weighted by atomic mass is 79.9. The smallest absolute Gasteiger partial charge is 0.254 e. The van der Waals surface area contributed by atoms with E-state index in [4.69, 9.17) is 0 Å². The quantitative estimate of drug-likeness (QED) is 0.782. The minimum Gasteiger partial charge on any atom is -0.352 e. The van der Waals surface area contributed by atoms with E-state index in [1.807, 2.05) is 0 Å². The van der Waals surface area contributed by atoms with Gasteiger partial charge in [-0.15, -0.1) is 0 Å². The van der Waals surface area contributed by atoms with Crippen LogP contribution in [0, 0.1) is 11.7 Å². The van der Waals surface area contributed by atoms with Crippen LogP contribution < -0.4 is 5.32 Å². The SMILES string of the molecule is CCCCC(CC)CNC(=O)c1ccc(Br)cc1F. The van der Waals surface area contributed by atoms with Crippen LogP contribution in [-0.4, -0.2) is 12.5 Å². The molecule has 2 nitrogen and oxygen atoms in total. The van der Waals surface area contributed by atoms with Crippen molar-refractivity contribution >= 4 is 21.8 Å². The Morgan fingerprint density at radius 2 is 2.16 bits per heavy atom. The number of nitrogens with one attached hydrogen (secondary N) is 1. The standard InChI is InChI=1S/C15H21BrFNO/c1-3-5-6-11(4-2)10-18-15(19)13-8-7-12(16)9-14(13)17/h7-9,11H,3-6,10H2,1-2H3,(H,18,19). The molecule has 0 heterocycles. The summed E-state index contributed by atoms with van der Waals surface area (Å²) in [6.45, 7) is 4.89. The first-order valence-electron chi connectivity index (χ1n) is 6.81. The van der Waals surface area contributed by atoms with E-state index in [9.17, 15) is 9.18 Å². The van der Waals surface area contributed by atoms with Crippen LogP contribution >= 0.6 is 15.9 Å². The summed E-state index contributed by atoms with van der Waals surface area (Å²) in [5, 5.41) is 2.82. The molecular weight excluding hydrogens is 309 g/mol. The van der Waals surface area contributed by atoms with Gasteiger partial charge in [0.25, 0.3) is 5.91 Å². The molecule has 1 unspecified atom stereocenters. The summed E-state index contributed by atoms with van der Waals surface area (Å²) in [6, 6.07) is 4.48. The third kappa shape index (κ3) is 5.31. The second-order valence-electron chi connectivity index (χ2n) is 4.75. The molecule has 0 aliphatic heterocycles. The summed E-state index contributed by atoms with van der Waals surface area (Å²) >= 11 is 3.18. The number of hydrogen-bond acceptors (Lipinski definition) is 1. The molecule has 0 saturated carbocycles. The molecule has 0 saturated heterocycles. The van der Waals surface area contributed by atoms with Gasteiger partial charge in [-0.2, -0.15) is 0 Å². The van der Waals surface area contributed by atoms with Crippen LogP contribution in [0.4, 0.5) is 4.39 Å². The minimum absolute atomic E-state index is 0.105. The van der Waals surface area contributed by atoms with Gasteiger partial charge in [0.15, 0.2) is 0 Å². The summed E-state index contributed by atoms with van der Waals surface area (Å²) in [6.07, 6.45) is 4.46. The van der Waals surface area contributed by atoms with E-state index in [-0.39, 0.29) is 11.5 Å². The topological polar surface area (TPSA) is 29.1 Å². The van der Waals surface area contributed by atoms with E-state index in [0.717, 1.165) is 19.3 Å². The van der Waals surface area contributed by atoms with Crippen LogP contribution in [-0.2, 0) is 0 Å². The fourth-order valence-corrected chi connectivity index (χ4v) is 2.28. The van der Waals surface area contributed by atoms with Crippen LogP contribution in [0.15, 0.2) is 22.7 Å². The number of amides is 1. The molecule has 4 heteroatoms. The lowest BCUT2D eigenvalue weighted by molar-refractivity contribution is 0.0942. The molecule has 106 valence electrons. The summed E-state index contributed by atoms with van der Waals surface area (Å²) in [4.78, 5) is 11.9. The fraction of sp³-hybridized carbons (Fsp3) is 0.533. The predicted octanol–water partition coefficient (Wildman–Crippen LogP) is 4.53. The van der Waals surface area contributed by atoms with Gasteiger partial charge < -0.3 is 5.32 Å². The van der Waals surface area contributed by atoms with Crippen LogP contribution in [0.2, 0.25) is 0 Å². The maximum Gasteiger partial charge on any atom is 0.254 e. The minimum atomic E-state index is -0.492. The molecule has 0 spiro atoms. The second-order valence-corrected chi connectivity index (χ2v) is 5.67. The molecular formula is C15H21BrFNO. The monoisotopic (exact) mass is 329 g/mol. The van der Waals surface area contributed by atoms with Gasteiger partial charge in [0.2, 0.25) is 0 Å². The zero-order valence-corrected chi connectivity index (χ0v) is 13.1. The van der Waals surface area contributed by atoms with Gasteiger partial charge in [-0.3, -0.25) is 4.79 Å². The third-order valence-electron chi connectivity index (χ3n) is 3.27. The summed E-state index contributed by atoms with van der Waals surface area (Å²) < 4.78 is 14.3. The van der Waals surface area contributed by atoms with Crippen molar-refractivity contribution in [2.24, 2.45) is 5.92 Å². The van der Waals surface area contributed by atoms with Crippen molar-refractivity contribution in [2.75, 3.05) is 6.54 Å². The third-order valence-corrected chi connectivity index (χ3v) is 3.76. The first-order valence-corrected chi connectivity index (χ1v) is 7.61. The predicted molar refractivity (Wildman–Crippen MR) is 79.7 cm³/mol. The van der Waals surface area contributed by atoms with Gasteiger partial charge in [-0.05, 0) is 30.5 Å². The number of rotatable bonds is 7. The lowest BCUT2D eigenvalue weighted by atomic mass is 9.99. The number of benzene rings is 1. The molecule has 0 bridgehead atoms. The summed E-state index contributed by atoms with van der Waals surface area (Å²) in [7, 11) is 0. The summed E-state index contributed by atoms with van der Waals surface area (Å²) in [5.74, 6) is -0.351. The number of carbonyl (C=O) groups is 1. The van der Waals surface area contributed by atoms with Gasteiger partial charge in [0.05, 0.1) is 5.56 Å². The number of unbranched alkanes of at least 4 members (excludes halogenated alkanes) is 1. The maximum atomic E-state index is 13.6. The largest absolute Gasteiger partial charge is 0.352 e. The van der Waals surface area contributed by atoms with Crippen molar-refractivity contribution in [3.8, 4) is 0 Å². The van der Waals surface area contributed by atoms with Crippen molar-refractivity contribution in [2.45, 2.75) is 39.5 Å². The Hall–Kier alpha value is -0.900. The second kappa shape index (κ2) is 8.31. The Kier molecular flexibility index (Phi) is 7.06. The van der Waals surface area contributed by atoms with E-state index in [0.29, 0.717) is 16.9 Å². The Bertz CT molecular complexity index is 423. The Balaban J connectivity index is 2.54. The molecule has 0 aromatic heterocycles. The lowest BCUT2D eigenvalue weighted by Crippen LogP contribution is -2.29. The fourth-order valence-electron chi connectivity index (χ4n) is 1.95. The Morgan fingerprint density at radius 3 is 2.74 bits per heavy atom. The molecule has 0 aliphatic rings. The zero-order valence-electron chi connectivity index (χ0n) is 11.5. The molecule has 0 fully saturated rings. The molecule has 1 N–H and O–H groups in total. The van der Waals surface area contributed by atoms with E-state index >= 15 is 0 Å². The van der Waals surface area contributed by atoms with Gasteiger partial charge in [-0.1, -0.05) is 49.0 Å². The van der Waals surface area contributed by atoms with Gasteiger partial charge in [0.1, 0.15) is 5.82 Å². The van der Waals surface area contributed by atoms with Gasteiger partial charge in [-0.25, -0.2) is 4.39 Å². The molecule has 0 radical (unpaired) electrons. The van der Waals surface area contributed by atoms with Crippen molar-refractivity contribution < 1.29 is 9.18 Å². The molecule has 0 aliphatic carbocycles. The van der Waals surface area contributed by atoms with Crippen LogP contribution in [0.3, 0.4) is 0 Å². The molecule has 1 aromatic carbocycles. The van der Waals surface area contributed by atoms with Crippen LogP contribution in [0.1, 0.15) is 49.9 Å². The number of halogens is 2. The molecule has 1 amide bonds. The molecule has 1 rings (SSSR count). The van der Waals surface area contributed by atoms with E-state index in [1.165, 1.54) is 18.6 Å². The normalized spacial score (nSPS) is 12.2. The van der Waals surface area contributed by atoms with Gasteiger partial charge >= 0.3 is 0 Å². The average molecular weight is 330 g/mol. The van der Waals surface area contributed by atoms with Crippen molar-refractivity contribution in [1.29, 1.82) is 0 Å². The highest BCUT2D eigenvalue weighted by Gasteiger charge is 2.13. The summed E-state index contributed by atoms with van der Waals surface area (Å²) in [5.41, 5.74) is 0.105.